The van der Waals surface area contributed by atoms with Gasteiger partial charge in [-0.1, -0.05) is 0 Å². The number of aromatic nitrogens is 2. The van der Waals surface area contributed by atoms with Crippen LogP contribution in [0, 0.1) is 0 Å². The number of fused-ring (bicyclic) bond motifs is 1. The number of hydrogen-bond acceptors (Lipinski definition) is 6. The molecule has 3 amide bonds. The molecule has 0 radical (unpaired) electrons. The van der Waals surface area contributed by atoms with Crippen molar-refractivity contribution in [1.29, 1.82) is 0 Å². The van der Waals surface area contributed by atoms with Crippen LogP contribution in [0.25, 0.3) is 10.2 Å². The molecule has 2 fully saturated rings. The molecule has 9 nitrogen and oxygen atoms in total. The van der Waals surface area contributed by atoms with Crippen LogP contribution in [0.1, 0.15) is 39.7 Å². The van der Waals surface area contributed by atoms with E-state index in [-0.39, 0.29) is 29.8 Å². The first-order valence-electron chi connectivity index (χ1n) is 10.7. The van der Waals surface area contributed by atoms with Crippen LogP contribution in [0.2, 0.25) is 0 Å². The van der Waals surface area contributed by atoms with Crippen molar-refractivity contribution in [2.75, 3.05) is 33.2 Å². The molecule has 2 aromatic heterocycles. The Morgan fingerprint density at radius 3 is 2.66 bits per heavy atom. The van der Waals surface area contributed by atoms with Crippen LogP contribution >= 0.6 is 27.3 Å². The number of rotatable bonds is 2. The monoisotopic (exact) mass is 525 g/mol. The number of carbonyl (C=O) groups excluding carboxylic acids is 2. The number of hydrogen-bond donors (Lipinski definition) is 0. The van der Waals surface area contributed by atoms with Crippen molar-refractivity contribution in [2.24, 2.45) is 0 Å². The van der Waals surface area contributed by atoms with Crippen LogP contribution in [0.5, 0.6) is 0 Å². The van der Waals surface area contributed by atoms with Crippen molar-refractivity contribution < 1.29 is 14.3 Å². The summed E-state index contributed by atoms with van der Waals surface area (Å²) < 4.78 is 8.59. The van der Waals surface area contributed by atoms with Crippen LogP contribution < -0.4 is 5.56 Å². The summed E-state index contributed by atoms with van der Waals surface area (Å²) in [5, 5.41) is 0. The standard InChI is InChI=1S/C21H28BrN5O4S/c1-21(2,3)31-20(30)26-8-5-13(10-26)24(4)19(29)25-7-6-14(11-25)27-12-23-15-9-16(22)32-17(15)18(27)28/h9,12-14H,5-8,10-11H2,1-4H3/t13-,14-/m0/s1. The van der Waals surface area contributed by atoms with E-state index in [1.165, 1.54) is 11.3 Å². The van der Waals surface area contributed by atoms with Gasteiger partial charge in [-0.05, 0) is 55.6 Å². The Morgan fingerprint density at radius 1 is 1.22 bits per heavy atom. The summed E-state index contributed by atoms with van der Waals surface area (Å²) in [5.41, 5.74) is 0.0723. The first kappa shape index (κ1) is 23.0. The van der Waals surface area contributed by atoms with Gasteiger partial charge in [0.15, 0.2) is 0 Å². The van der Waals surface area contributed by atoms with Gasteiger partial charge in [-0.25, -0.2) is 14.6 Å². The van der Waals surface area contributed by atoms with Crippen molar-refractivity contribution in [2.45, 2.75) is 51.3 Å². The molecule has 4 heterocycles. The van der Waals surface area contributed by atoms with Crippen LogP contribution in [0.3, 0.4) is 0 Å². The highest BCUT2D eigenvalue weighted by molar-refractivity contribution is 9.11. The molecule has 4 rings (SSSR count). The highest BCUT2D eigenvalue weighted by Crippen LogP contribution is 2.28. The molecular weight excluding hydrogens is 498 g/mol. The van der Waals surface area contributed by atoms with Crippen LogP contribution in [-0.4, -0.2) is 81.2 Å². The molecule has 0 aliphatic carbocycles. The van der Waals surface area contributed by atoms with Crippen molar-refractivity contribution >= 4 is 49.6 Å². The predicted octanol–water partition coefficient (Wildman–Crippen LogP) is 3.53. The van der Waals surface area contributed by atoms with Gasteiger partial charge < -0.3 is 19.4 Å². The molecule has 0 saturated carbocycles. The third-order valence-electron chi connectivity index (χ3n) is 5.92. The molecule has 11 heteroatoms. The van der Waals surface area contributed by atoms with Gasteiger partial charge in [0, 0.05) is 33.2 Å². The van der Waals surface area contributed by atoms with Gasteiger partial charge in [-0.2, -0.15) is 0 Å². The Hall–Kier alpha value is -2.14. The minimum absolute atomic E-state index is 0.0572. The lowest BCUT2D eigenvalue weighted by molar-refractivity contribution is 0.0283. The number of likely N-dealkylation sites (N-methyl/N-ethyl adjacent to an activating group) is 1. The van der Waals surface area contributed by atoms with Crippen molar-refractivity contribution in [1.82, 2.24) is 24.3 Å². The molecule has 2 aliphatic heterocycles. The summed E-state index contributed by atoms with van der Waals surface area (Å²) in [6.07, 6.45) is 2.66. The molecule has 32 heavy (non-hydrogen) atoms. The maximum Gasteiger partial charge on any atom is 0.410 e. The van der Waals surface area contributed by atoms with E-state index in [9.17, 15) is 14.4 Å². The second-order valence-electron chi connectivity index (χ2n) is 9.37. The number of likely N-dealkylation sites (tertiary alicyclic amines) is 2. The fourth-order valence-corrected chi connectivity index (χ4v) is 5.70. The minimum Gasteiger partial charge on any atom is -0.444 e. The Bertz CT molecular complexity index is 1090. The maximum atomic E-state index is 13.1. The SMILES string of the molecule is CN(C(=O)N1CC[C@H](n2cnc3cc(Br)sc3c2=O)C1)[C@H]1CCN(C(=O)OC(C)(C)C)C1. The molecule has 2 aliphatic rings. The third kappa shape index (κ3) is 4.63. The Kier molecular flexibility index (Phi) is 6.23. The number of nitrogens with zero attached hydrogens (tertiary/aromatic N) is 5. The van der Waals surface area contributed by atoms with Crippen LogP contribution in [-0.2, 0) is 4.74 Å². The molecular formula is C21H28BrN5O4S. The van der Waals surface area contributed by atoms with Crippen LogP contribution in [0.4, 0.5) is 9.59 Å². The van der Waals surface area contributed by atoms with E-state index < -0.39 is 5.60 Å². The predicted molar refractivity (Wildman–Crippen MR) is 126 cm³/mol. The Balaban J connectivity index is 1.38. The van der Waals surface area contributed by atoms with Gasteiger partial charge in [0.1, 0.15) is 10.3 Å². The molecule has 2 saturated heterocycles. The fraction of sp³-hybridized carbons (Fsp3) is 0.619. The van der Waals surface area contributed by atoms with Gasteiger partial charge >= 0.3 is 12.1 Å². The quantitative estimate of drug-likeness (QED) is 0.598. The highest BCUT2D eigenvalue weighted by atomic mass is 79.9. The van der Waals surface area contributed by atoms with Gasteiger partial charge in [0.05, 0.1) is 27.7 Å². The molecule has 0 aromatic carbocycles. The zero-order valence-electron chi connectivity index (χ0n) is 18.7. The number of carbonyl (C=O) groups is 2. The van der Waals surface area contributed by atoms with Crippen molar-refractivity contribution in [3.05, 3.63) is 26.5 Å². The molecule has 0 bridgehead atoms. The number of ether oxygens (including phenoxy) is 1. The van der Waals surface area contributed by atoms with E-state index in [1.54, 1.807) is 32.6 Å². The normalized spacial score (nSPS) is 21.4. The molecule has 0 spiro atoms. The van der Waals surface area contributed by atoms with Gasteiger partial charge in [-0.3, -0.25) is 9.36 Å². The summed E-state index contributed by atoms with van der Waals surface area (Å²) in [4.78, 5) is 47.9. The average molecular weight is 526 g/mol. The average Bonchev–Trinajstić information content (AvgIpc) is 3.45. The van der Waals surface area contributed by atoms with Gasteiger partial charge in [0.25, 0.3) is 5.56 Å². The second kappa shape index (κ2) is 8.66. The zero-order valence-corrected chi connectivity index (χ0v) is 21.1. The molecule has 0 unspecified atom stereocenters. The lowest BCUT2D eigenvalue weighted by Crippen LogP contribution is -2.47. The summed E-state index contributed by atoms with van der Waals surface area (Å²) in [5.74, 6) is 0. The number of amides is 3. The fourth-order valence-electron chi connectivity index (χ4n) is 4.23. The lowest BCUT2D eigenvalue weighted by Gasteiger charge is -2.30. The Labute approximate surface area is 199 Å². The highest BCUT2D eigenvalue weighted by Gasteiger charge is 2.36. The molecule has 0 N–H and O–H groups in total. The summed E-state index contributed by atoms with van der Waals surface area (Å²) >= 11 is 4.79. The largest absolute Gasteiger partial charge is 0.444 e. The molecule has 2 aromatic rings. The molecule has 174 valence electrons. The van der Waals surface area contributed by atoms with E-state index >= 15 is 0 Å². The summed E-state index contributed by atoms with van der Waals surface area (Å²) in [7, 11) is 1.78. The first-order chi connectivity index (χ1) is 15.0. The maximum absolute atomic E-state index is 13.1. The third-order valence-corrected chi connectivity index (χ3v) is 7.54. The first-order valence-corrected chi connectivity index (χ1v) is 12.3. The minimum atomic E-state index is -0.545. The smallest absolute Gasteiger partial charge is 0.410 e. The van der Waals surface area contributed by atoms with Gasteiger partial charge in [-0.15, -0.1) is 11.3 Å². The number of thiophene rings is 1. The van der Waals surface area contributed by atoms with E-state index in [0.29, 0.717) is 49.2 Å². The van der Waals surface area contributed by atoms with Crippen molar-refractivity contribution in [3.8, 4) is 0 Å². The summed E-state index contributed by atoms with van der Waals surface area (Å²) in [6.45, 7) is 7.59. The van der Waals surface area contributed by atoms with E-state index in [2.05, 4.69) is 20.9 Å². The zero-order chi connectivity index (χ0) is 23.2. The number of urea groups is 1. The van der Waals surface area contributed by atoms with E-state index in [4.69, 9.17) is 4.74 Å². The lowest BCUT2D eigenvalue weighted by atomic mass is 10.2. The van der Waals surface area contributed by atoms with Gasteiger partial charge in [0.2, 0.25) is 0 Å². The molecule has 2 atom stereocenters. The Morgan fingerprint density at radius 2 is 1.94 bits per heavy atom. The van der Waals surface area contributed by atoms with Crippen molar-refractivity contribution in [3.63, 3.8) is 0 Å². The van der Waals surface area contributed by atoms with E-state index in [1.807, 2.05) is 26.8 Å². The number of halogens is 1. The second-order valence-corrected chi connectivity index (χ2v) is 11.8. The van der Waals surface area contributed by atoms with Crippen LogP contribution in [0.15, 0.2) is 21.0 Å². The summed E-state index contributed by atoms with van der Waals surface area (Å²) in [6, 6.07) is 1.61. The van der Waals surface area contributed by atoms with E-state index in [0.717, 1.165) is 3.79 Å². The topological polar surface area (TPSA) is 88.0 Å².